The van der Waals surface area contributed by atoms with Gasteiger partial charge in [-0.2, -0.15) is 0 Å². The number of carbonyl (C=O) groups is 2. The van der Waals surface area contributed by atoms with Crippen molar-refractivity contribution in [3.63, 3.8) is 0 Å². The van der Waals surface area contributed by atoms with Crippen LogP contribution in [0.3, 0.4) is 0 Å². The van der Waals surface area contributed by atoms with Crippen LogP contribution in [0.5, 0.6) is 5.75 Å². The summed E-state index contributed by atoms with van der Waals surface area (Å²) in [7, 11) is 1.60. The normalized spacial score (nSPS) is 21.7. The zero-order valence-electron chi connectivity index (χ0n) is 14.7. The molecule has 2 N–H and O–H groups in total. The van der Waals surface area contributed by atoms with Gasteiger partial charge < -0.3 is 24.5 Å². The van der Waals surface area contributed by atoms with Crippen molar-refractivity contribution in [1.29, 1.82) is 0 Å². The molecule has 3 heterocycles. The number of hydrogen-bond donors (Lipinski definition) is 2. The van der Waals surface area contributed by atoms with Crippen molar-refractivity contribution in [2.45, 2.75) is 25.4 Å². The number of ether oxygens (including phenoxy) is 3. The number of aromatic nitrogens is 1. The van der Waals surface area contributed by atoms with Crippen LogP contribution >= 0.6 is 0 Å². The van der Waals surface area contributed by atoms with E-state index in [-0.39, 0.29) is 17.7 Å². The minimum atomic E-state index is -0.744. The highest BCUT2D eigenvalue weighted by molar-refractivity contribution is 5.93. The standard InChI is InChI=1S/C19H22N2O5/c1-24-14-4-2-3-13-16(14)12(10-20-13)9-15(22)26-17-18(23)21-11-19(17)5-7-25-8-6-19/h2-4,10,17,20H,5-9,11H2,1H3,(H,21,23). The molecule has 4 rings (SSSR count). The highest BCUT2D eigenvalue weighted by atomic mass is 16.6. The van der Waals surface area contributed by atoms with Gasteiger partial charge in [-0.3, -0.25) is 9.59 Å². The lowest BCUT2D eigenvalue weighted by Crippen LogP contribution is -2.43. The Morgan fingerprint density at radius 1 is 1.35 bits per heavy atom. The number of aromatic amines is 1. The van der Waals surface area contributed by atoms with Crippen LogP contribution in [0.1, 0.15) is 18.4 Å². The molecule has 1 aromatic carbocycles. The third kappa shape index (κ3) is 2.82. The van der Waals surface area contributed by atoms with Gasteiger partial charge in [-0.25, -0.2) is 0 Å². The molecule has 2 saturated heterocycles. The number of amides is 1. The first kappa shape index (κ1) is 16.9. The predicted molar refractivity (Wildman–Crippen MR) is 93.9 cm³/mol. The molecule has 7 nitrogen and oxygen atoms in total. The Bertz CT molecular complexity index is 838. The smallest absolute Gasteiger partial charge is 0.311 e. The van der Waals surface area contributed by atoms with E-state index in [0.717, 1.165) is 16.5 Å². The monoisotopic (exact) mass is 358 g/mol. The zero-order chi connectivity index (χ0) is 18.1. The summed E-state index contributed by atoms with van der Waals surface area (Å²) >= 11 is 0. The molecule has 26 heavy (non-hydrogen) atoms. The molecular weight excluding hydrogens is 336 g/mol. The fraction of sp³-hybridized carbons (Fsp3) is 0.474. The Morgan fingerprint density at radius 2 is 2.15 bits per heavy atom. The van der Waals surface area contributed by atoms with E-state index in [4.69, 9.17) is 14.2 Å². The maximum atomic E-state index is 12.6. The van der Waals surface area contributed by atoms with Crippen molar-refractivity contribution in [2.75, 3.05) is 26.9 Å². The first-order valence-corrected chi connectivity index (χ1v) is 8.81. The van der Waals surface area contributed by atoms with E-state index in [1.54, 1.807) is 13.3 Å². The van der Waals surface area contributed by atoms with Gasteiger partial charge in [0.1, 0.15) is 5.75 Å². The lowest BCUT2D eigenvalue weighted by Gasteiger charge is -2.35. The van der Waals surface area contributed by atoms with Crippen molar-refractivity contribution in [2.24, 2.45) is 5.41 Å². The van der Waals surface area contributed by atoms with Gasteiger partial charge >= 0.3 is 5.97 Å². The molecule has 0 radical (unpaired) electrons. The average molecular weight is 358 g/mol. The Kier molecular flexibility index (Phi) is 4.32. The van der Waals surface area contributed by atoms with E-state index in [2.05, 4.69) is 10.3 Å². The minimum Gasteiger partial charge on any atom is -0.496 e. The van der Waals surface area contributed by atoms with Gasteiger partial charge in [0.05, 0.1) is 13.5 Å². The summed E-state index contributed by atoms with van der Waals surface area (Å²) in [6, 6.07) is 5.66. The molecule has 2 fully saturated rings. The Balaban J connectivity index is 1.53. The third-order valence-electron chi connectivity index (χ3n) is 5.45. The summed E-state index contributed by atoms with van der Waals surface area (Å²) in [4.78, 5) is 28.0. The minimum absolute atomic E-state index is 0.0801. The van der Waals surface area contributed by atoms with Crippen LogP contribution in [-0.4, -0.2) is 49.8 Å². The summed E-state index contributed by atoms with van der Waals surface area (Å²) in [5.74, 6) is 0.0764. The van der Waals surface area contributed by atoms with Crippen molar-refractivity contribution in [3.8, 4) is 5.75 Å². The Hall–Kier alpha value is -2.54. The van der Waals surface area contributed by atoms with E-state index in [1.165, 1.54) is 0 Å². The molecule has 2 aromatic rings. The molecule has 2 aliphatic heterocycles. The molecular formula is C19H22N2O5. The topological polar surface area (TPSA) is 89.7 Å². The van der Waals surface area contributed by atoms with Crippen molar-refractivity contribution in [3.05, 3.63) is 30.0 Å². The van der Waals surface area contributed by atoms with Gasteiger partial charge in [-0.05, 0) is 30.5 Å². The number of rotatable bonds is 4. The number of benzene rings is 1. The number of methoxy groups -OCH3 is 1. The second kappa shape index (κ2) is 6.64. The number of nitrogens with one attached hydrogen (secondary N) is 2. The summed E-state index contributed by atoms with van der Waals surface area (Å²) < 4.78 is 16.5. The van der Waals surface area contributed by atoms with Crippen LogP contribution in [0, 0.1) is 5.41 Å². The summed E-state index contributed by atoms with van der Waals surface area (Å²) in [6.45, 7) is 1.71. The van der Waals surface area contributed by atoms with Gasteiger partial charge in [0, 0.05) is 42.3 Å². The van der Waals surface area contributed by atoms with Gasteiger partial charge in [-0.15, -0.1) is 0 Å². The van der Waals surface area contributed by atoms with Gasteiger partial charge in [0.2, 0.25) is 0 Å². The van der Waals surface area contributed by atoms with Crippen molar-refractivity contribution < 1.29 is 23.8 Å². The van der Waals surface area contributed by atoms with E-state index in [0.29, 0.717) is 38.3 Å². The molecule has 0 bridgehead atoms. The third-order valence-corrected chi connectivity index (χ3v) is 5.45. The van der Waals surface area contributed by atoms with Gasteiger partial charge in [0.15, 0.2) is 6.10 Å². The maximum Gasteiger partial charge on any atom is 0.311 e. The SMILES string of the molecule is COc1cccc2[nH]cc(CC(=O)OC3C(=O)NCC34CCOCC4)c12. The number of esters is 1. The van der Waals surface area contributed by atoms with Crippen LogP contribution in [0.4, 0.5) is 0 Å². The maximum absolute atomic E-state index is 12.6. The molecule has 138 valence electrons. The quantitative estimate of drug-likeness (QED) is 0.810. The number of H-pyrrole nitrogens is 1. The molecule has 1 atom stereocenters. The average Bonchev–Trinajstić information content (AvgIpc) is 3.19. The van der Waals surface area contributed by atoms with Crippen molar-refractivity contribution >= 4 is 22.8 Å². The number of carbonyl (C=O) groups excluding carboxylic acids is 2. The Labute approximate surface area is 151 Å². The highest BCUT2D eigenvalue weighted by Crippen LogP contribution is 2.39. The number of fused-ring (bicyclic) bond motifs is 1. The largest absolute Gasteiger partial charge is 0.496 e. The van der Waals surface area contributed by atoms with Crippen molar-refractivity contribution in [1.82, 2.24) is 10.3 Å². The van der Waals surface area contributed by atoms with E-state index in [9.17, 15) is 9.59 Å². The summed E-state index contributed by atoms with van der Waals surface area (Å²) in [5.41, 5.74) is 1.34. The second-order valence-corrected chi connectivity index (χ2v) is 6.94. The molecule has 1 aromatic heterocycles. The fourth-order valence-corrected chi connectivity index (χ4v) is 3.98. The van der Waals surface area contributed by atoms with Gasteiger partial charge in [0.25, 0.3) is 5.91 Å². The van der Waals surface area contributed by atoms with E-state index >= 15 is 0 Å². The van der Waals surface area contributed by atoms with Crippen LogP contribution in [-0.2, 0) is 25.5 Å². The molecule has 1 spiro atoms. The second-order valence-electron chi connectivity index (χ2n) is 6.94. The van der Waals surface area contributed by atoms with Crippen LogP contribution in [0.2, 0.25) is 0 Å². The van der Waals surface area contributed by atoms with E-state index < -0.39 is 12.1 Å². The summed E-state index contributed by atoms with van der Waals surface area (Å²) in [6.07, 6.45) is 2.55. The van der Waals surface area contributed by atoms with Gasteiger partial charge in [-0.1, -0.05) is 6.07 Å². The predicted octanol–water partition coefficient (Wildman–Crippen LogP) is 1.56. The lowest BCUT2D eigenvalue weighted by atomic mass is 9.77. The van der Waals surface area contributed by atoms with Crippen LogP contribution in [0.25, 0.3) is 10.9 Å². The first-order valence-electron chi connectivity index (χ1n) is 8.81. The molecule has 0 aliphatic carbocycles. The molecule has 0 saturated carbocycles. The summed E-state index contributed by atoms with van der Waals surface area (Å²) in [5, 5.41) is 3.71. The van der Waals surface area contributed by atoms with E-state index in [1.807, 2.05) is 18.2 Å². The lowest BCUT2D eigenvalue weighted by molar-refractivity contribution is -0.162. The highest BCUT2D eigenvalue weighted by Gasteiger charge is 2.51. The van der Waals surface area contributed by atoms with Crippen LogP contribution in [0.15, 0.2) is 24.4 Å². The number of hydrogen-bond acceptors (Lipinski definition) is 5. The molecule has 1 amide bonds. The molecule has 2 aliphatic rings. The molecule has 7 heteroatoms. The Morgan fingerprint density at radius 3 is 2.92 bits per heavy atom. The zero-order valence-corrected chi connectivity index (χ0v) is 14.7. The fourth-order valence-electron chi connectivity index (χ4n) is 3.98. The van der Waals surface area contributed by atoms with Crippen LogP contribution < -0.4 is 10.1 Å². The molecule has 1 unspecified atom stereocenters. The first-order chi connectivity index (χ1) is 12.6.